The Bertz CT molecular complexity index is 5550. The number of benzene rings is 6. The molecule has 0 unspecified atom stereocenters. The molecule has 0 saturated heterocycles. The first-order valence-corrected chi connectivity index (χ1v) is 39.9. The summed E-state index contributed by atoms with van der Waals surface area (Å²) >= 11 is 5.58. The smallest absolute Gasteiger partial charge is 0.408 e. The summed E-state index contributed by atoms with van der Waals surface area (Å²) < 4.78 is 24.4. The fourth-order valence-corrected chi connectivity index (χ4v) is 13.6. The number of methoxy groups -OCH3 is 3. The number of fused-ring (bicyclic) bond motifs is 3. The first-order valence-electron chi connectivity index (χ1n) is 39.5. The minimum absolute atomic E-state index is 0.0528. The Balaban J connectivity index is 0.000000208. The zero-order valence-electron chi connectivity index (χ0n) is 68.8. The van der Waals surface area contributed by atoms with Gasteiger partial charge in [-0.2, -0.15) is 20.5 Å². The van der Waals surface area contributed by atoms with Gasteiger partial charge >= 0.3 is 24.0 Å². The molecule has 8 N–H and O–H groups in total. The minimum Gasteiger partial charge on any atom is -0.469 e. The third-order valence-electron chi connectivity index (χ3n) is 19.3. The van der Waals surface area contributed by atoms with Gasteiger partial charge in [0.05, 0.1) is 101 Å². The lowest BCUT2D eigenvalue weighted by atomic mass is 10.0. The number of aromatic nitrogens is 10. The number of amides is 1. The molecule has 3 atom stereocenters. The highest BCUT2D eigenvalue weighted by atomic mass is 35.5. The molecule has 0 aliphatic heterocycles. The summed E-state index contributed by atoms with van der Waals surface area (Å²) in [7, 11) is 4.19. The Morgan fingerprint density at radius 3 is 1.17 bits per heavy atom. The lowest BCUT2D eigenvalue weighted by Gasteiger charge is -2.25. The molecule has 0 radical (unpaired) electrons. The maximum atomic E-state index is 14.2. The molecule has 11 aromatic rings. The fourth-order valence-electron chi connectivity index (χ4n) is 13.4. The SMILES string of the molecule is CC[C@H](N)c1nc2cccc(CCCCCC(=O)OC)c2c(=O)n1-c1ccccc1.CC[C@H](NC(=O)OC(C)(C)C)c1nc2cccc(CCCCCC(=O)OC)c2c(=O)n1-c1ccccc1.CC[C@H](Nc1nc(N)nc(C)c1C#N)c1nc2cccc(CCCCCC(=O)OC)c2c(=O)n1-c1ccccc1.Cc1nc(N)nc(Cl)c1C#N. The average Bonchev–Trinajstić information content (AvgIpc) is 0.766. The van der Waals surface area contributed by atoms with Crippen LogP contribution >= 0.6 is 11.6 Å². The molecular formula is C89H104ClN17O11. The topological polar surface area (TPSA) is 411 Å². The van der Waals surface area contributed by atoms with Gasteiger partial charge in [-0.3, -0.25) is 42.5 Å². The van der Waals surface area contributed by atoms with Crippen LogP contribution in [-0.4, -0.2) is 99.5 Å². The van der Waals surface area contributed by atoms with Crippen molar-refractivity contribution in [2.45, 2.75) is 195 Å². The second-order valence-corrected chi connectivity index (χ2v) is 29.2. The van der Waals surface area contributed by atoms with Gasteiger partial charge in [0.2, 0.25) is 11.9 Å². The Morgan fingerprint density at radius 1 is 0.466 bits per heavy atom. The molecule has 28 nitrogen and oxygen atoms in total. The van der Waals surface area contributed by atoms with Crippen LogP contribution in [0.1, 0.15) is 213 Å². The van der Waals surface area contributed by atoms with Crippen molar-refractivity contribution in [3.8, 4) is 29.2 Å². The van der Waals surface area contributed by atoms with Crippen LogP contribution < -0.4 is 44.5 Å². The molecule has 0 aliphatic carbocycles. The summed E-state index contributed by atoms with van der Waals surface area (Å²) in [6, 6.07) is 48.1. The standard InChI is InChI=1S/C30H33N7O3.C29H37N3O5.C24H29N3O3.C6H5ClN4/c1-4-23(34-27-22(18-31)19(2)33-30(32)36-27)28-35-24-16-11-13-20(12-7-5-10-17-25(38)40-3)26(24)29(39)37(28)21-14-8-6-9-15-21;1-6-22(31-28(35)37-29(2,3)4)26-30-23-18-13-15-20(14-9-7-12-19-24(33)36-5)25(23)27(34)32(26)21-16-10-8-11-17-21;1-3-19(25)23-26-20-15-10-12-17(11-6-4-9-16-21(28)30-2)22(20)24(29)27(23)18-13-7-5-8-14-18;1-3-4(2-8)5(7)11-6(9)10-3/h6,8-9,11,13-16,23H,4-5,7,10,12,17H2,1-3H3,(H3,32,33,34,36);8,10-11,13,15-18,22H,6-7,9,12,14,19H2,1-5H3,(H,31,35);5,7-8,10,12-15,19H,3-4,6,9,11,16,25H2,1-2H3;1H3,(H2,9,10,11)/t23-;22-;19-;/m000./s1. The number of hydrogen-bond donors (Lipinski definition) is 5. The molecule has 11 rings (SSSR count). The molecule has 29 heteroatoms. The number of para-hydroxylation sites is 3. The summed E-state index contributed by atoms with van der Waals surface area (Å²) in [5.41, 5.74) is 24.7. The van der Waals surface area contributed by atoms with E-state index in [9.17, 15) is 38.8 Å². The van der Waals surface area contributed by atoms with Gasteiger partial charge in [-0.05, 0) is 183 Å². The van der Waals surface area contributed by atoms with E-state index in [4.69, 9.17) is 63.2 Å². The van der Waals surface area contributed by atoms with Gasteiger partial charge in [0, 0.05) is 19.3 Å². The number of alkyl carbamates (subject to hydrolysis) is 1. The van der Waals surface area contributed by atoms with E-state index in [1.807, 2.05) is 172 Å². The molecule has 618 valence electrons. The number of nitrogens with zero attached hydrogens (tertiary/aromatic N) is 12. The van der Waals surface area contributed by atoms with Gasteiger partial charge in [-0.15, -0.1) is 0 Å². The number of ether oxygens (including phenoxy) is 4. The second kappa shape index (κ2) is 44.3. The zero-order valence-corrected chi connectivity index (χ0v) is 69.5. The summed E-state index contributed by atoms with van der Waals surface area (Å²) in [5, 5.41) is 26.4. The van der Waals surface area contributed by atoms with Gasteiger partial charge in [0.15, 0.2) is 5.15 Å². The number of hydrogen-bond acceptors (Lipinski definition) is 24. The van der Waals surface area contributed by atoms with Gasteiger partial charge < -0.3 is 46.8 Å². The zero-order chi connectivity index (χ0) is 85.6. The first kappa shape index (κ1) is 90.7. The van der Waals surface area contributed by atoms with E-state index in [2.05, 4.69) is 41.4 Å². The van der Waals surface area contributed by atoms with E-state index in [0.29, 0.717) is 130 Å². The van der Waals surface area contributed by atoms with Crippen LogP contribution in [0.4, 0.5) is 22.5 Å². The van der Waals surface area contributed by atoms with Gasteiger partial charge in [-0.25, -0.2) is 29.7 Å². The number of anilines is 3. The van der Waals surface area contributed by atoms with E-state index in [-0.39, 0.29) is 68.8 Å². The Morgan fingerprint density at radius 2 is 0.822 bits per heavy atom. The Labute approximate surface area is 691 Å². The largest absolute Gasteiger partial charge is 0.469 e. The van der Waals surface area contributed by atoms with Crippen molar-refractivity contribution in [1.82, 2.24) is 53.9 Å². The molecule has 6 aromatic carbocycles. The Kier molecular flexibility index (Phi) is 34.1. The molecule has 0 fully saturated rings. The molecule has 0 bridgehead atoms. The number of nitrogens with one attached hydrogen (secondary N) is 2. The number of halogens is 1. The summed E-state index contributed by atoms with van der Waals surface area (Å²) in [4.78, 5) is 119. The van der Waals surface area contributed by atoms with Crippen LogP contribution in [0, 0.1) is 36.5 Å². The van der Waals surface area contributed by atoms with Crippen molar-refractivity contribution in [2.75, 3.05) is 38.1 Å². The van der Waals surface area contributed by atoms with E-state index in [1.165, 1.54) is 21.3 Å². The van der Waals surface area contributed by atoms with Crippen LogP contribution in [-0.2, 0) is 52.6 Å². The van der Waals surface area contributed by atoms with Crippen molar-refractivity contribution in [1.29, 1.82) is 10.5 Å². The summed E-state index contributed by atoms with van der Waals surface area (Å²) in [6.07, 6.45) is 11.9. The normalized spacial score (nSPS) is 11.7. The number of nitriles is 2. The minimum atomic E-state index is -0.649. The highest BCUT2D eigenvalue weighted by Gasteiger charge is 2.28. The predicted octanol–water partition coefficient (Wildman–Crippen LogP) is 15.4. The van der Waals surface area contributed by atoms with E-state index < -0.39 is 23.8 Å². The number of nitrogens with two attached hydrogens (primary N) is 3. The number of aryl methyl sites for hydroxylation is 5. The number of esters is 3. The van der Waals surface area contributed by atoms with Gasteiger partial charge in [-0.1, -0.05) is 143 Å². The van der Waals surface area contributed by atoms with Crippen molar-refractivity contribution in [3.63, 3.8) is 0 Å². The van der Waals surface area contributed by atoms with Crippen molar-refractivity contribution >= 4 is 86.0 Å². The molecule has 5 heterocycles. The molecule has 0 spiro atoms. The predicted molar refractivity (Wildman–Crippen MR) is 458 cm³/mol. The molecule has 118 heavy (non-hydrogen) atoms. The van der Waals surface area contributed by atoms with Crippen molar-refractivity contribution in [2.24, 2.45) is 5.73 Å². The maximum Gasteiger partial charge on any atom is 0.408 e. The first-order chi connectivity index (χ1) is 56.7. The monoisotopic (exact) mass is 1620 g/mol. The summed E-state index contributed by atoms with van der Waals surface area (Å²) in [5.74, 6) is 1.36. The third-order valence-corrected chi connectivity index (χ3v) is 19.6. The number of unbranched alkanes of at least 4 members (excludes halogenated alkanes) is 6. The van der Waals surface area contributed by atoms with E-state index >= 15 is 0 Å². The van der Waals surface area contributed by atoms with Crippen molar-refractivity contribution < 1.29 is 38.1 Å². The van der Waals surface area contributed by atoms with Crippen LogP contribution in [0.2, 0.25) is 5.15 Å². The van der Waals surface area contributed by atoms with Crippen LogP contribution in [0.25, 0.3) is 49.8 Å². The summed E-state index contributed by atoms with van der Waals surface area (Å²) in [6.45, 7) is 14.7. The quantitative estimate of drug-likeness (QED) is 0.0121. The van der Waals surface area contributed by atoms with E-state index in [0.717, 1.165) is 86.6 Å². The fraction of sp³-hybridized carbons (Fsp3) is 0.371. The molecule has 0 saturated carbocycles. The van der Waals surface area contributed by atoms with Crippen molar-refractivity contribution in [3.05, 3.63) is 238 Å². The average molecular weight is 1620 g/mol. The highest BCUT2D eigenvalue weighted by Crippen LogP contribution is 2.30. The molecular weight excluding hydrogens is 1520 g/mol. The third kappa shape index (κ3) is 24.4. The highest BCUT2D eigenvalue weighted by molar-refractivity contribution is 6.30. The van der Waals surface area contributed by atoms with Crippen LogP contribution in [0.15, 0.2) is 160 Å². The van der Waals surface area contributed by atoms with Gasteiger partial charge in [0.1, 0.15) is 52.2 Å². The second-order valence-electron chi connectivity index (χ2n) is 28.9. The lowest BCUT2D eigenvalue weighted by molar-refractivity contribution is -0.141. The van der Waals surface area contributed by atoms with Crippen LogP contribution in [0.5, 0.6) is 0 Å². The number of carbonyl (C=O) groups is 4. The maximum absolute atomic E-state index is 14.2. The number of carbonyl (C=O) groups excluding carboxylic acids is 4. The van der Waals surface area contributed by atoms with E-state index in [1.54, 1.807) is 48.3 Å². The molecule has 0 aliphatic rings. The van der Waals surface area contributed by atoms with Gasteiger partial charge in [0.25, 0.3) is 16.7 Å². The Hall–Kier alpha value is -12.8. The molecule has 1 amide bonds. The van der Waals surface area contributed by atoms with Crippen LogP contribution in [0.3, 0.4) is 0 Å². The molecule has 5 aromatic heterocycles. The lowest BCUT2D eigenvalue weighted by Crippen LogP contribution is -2.37. The number of rotatable bonds is 30. The number of nitrogen functional groups attached to an aromatic ring is 2.